The van der Waals surface area contributed by atoms with E-state index in [2.05, 4.69) is 0 Å². The molecule has 0 aromatic heterocycles. The molecule has 0 heterocycles. The highest BCUT2D eigenvalue weighted by Crippen LogP contribution is 2.31. The average Bonchev–Trinajstić information content (AvgIpc) is 2.75. The predicted molar refractivity (Wildman–Crippen MR) is 112 cm³/mol. The Morgan fingerprint density at radius 2 is 1.45 bits per heavy atom. The van der Waals surface area contributed by atoms with Crippen molar-refractivity contribution in [3.05, 3.63) is 95.3 Å². The van der Waals surface area contributed by atoms with Gasteiger partial charge in [-0.25, -0.2) is 4.39 Å². The first-order chi connectivity index (χ1) is 15.4. The molecule has 0 N–H and O–H groups in total. The van der Waals surface area contributed by atoms with Gasteiger partial charge in [-0.05, 0) is 53.6 Å². The summed E-state index contributed by atoms with van der Waals surface area (Å²) in [5, 5.41) is 0. The molecule has 33 heavy (non-hydrogen) atoms. The molecular formula is C23H19F4NO4S. The Labute approximate surface area is 188 Å². The van der Waals surface area contributed by atoms with E-state index < -0.39 is 26.8 Å². The Balaban J connectivity index is 1.71. The van der Waals surface area contributed by atoms with Gasteiger partial charge in [-0.15, -0.1) is 0 Å². The van der Waals surface area contributed by atoms with Crippen LogP contribution in [0.1, 0.15) is 23.6 Å². The molecule has 0 fully saturated rings. The third-order valence-electron chi connectivity index (χ3n) is 4.68. The lowest BCUT2D eigenvalue weighted by atomic mass is 10.1. The highest BCUT2D eigenvalue weighted by Gasteiger charge is 2.32. The van der Waals surface area contributed by atoms with E-state index in [-0.39, 0.29) is 30.6 Å². The second-order valence-corrected chi connectivity index (χ2v) is 8.75. The second-order valence-electron chi connectivity index (χ2n) is 7.21. The van der Waals surface area contributed by atoms with Gasteiger partial charge in [-0.1, -0.05) is 30.3 Å². The topological polar surface area (TPSA) is 63.7 Å². The van der Waals surface area contributed by atoms with Gasteiger partial charge in [-0.2, -0.15) is 21.6 Å². The zero-order chi connectivity index (χ0) is 24.2. The lowest BCUT2D eigenvalue weighted by molar-refractivity contribution is -0.137. The Hall–Kier alpha value is -3.40. The molecule has 0 aliphatic rings. The molecule has 1 amide bonds. The molecule has 0 aliphatic carbocycles. The van der Waals surface area contributed by atoms with Crippen LogP contribution in [-0.2, 0) is 34.2 Å². The molecule has 3 rings (SSSR count). The van der Waals surface area contributed by atoms with Gasteiger partial charge in [0.15, 0.2) is 0 Å². The molecule has 0 saturated heterocycles. The fraction of sp³-hybridized carbons (Fsp3) is 0.174. The number of nitrogens with zero attached hydrogens (tertiary/aromatic N) is 1. The van der Waals surface area contributed by atoms with E-state index in [1.165, 1.54) is 48.2 Å². The Morgan fingerprint density at radius 3 is 1.97 bits per heavy atom. The maximum atomic E-state index is 13.1. The first-order valence-corrected chi connectivity index (χ1v) is 11.1. The van der Waals surface area contributed by atoms with Crippen molar-refractivity contribution in [1.82, 2.24) is 4.90 Å². The maximum Gasteiger partial charge on any atom is 0.416 e. The van der Waals surface area contributed by atoms with E-state index in [0.717, 1.165) is 23.8 Å². The SMILES string of the molecule is CC(=O)N(Cc1ccc(F)cc1)Cc1ccc(OS(=O)(=O)c2cccc(C(F)(F)F)c2)cc1. The van der Waals surface area contributed by atoms with Crippen LogP contribution in [0, 0.1) is 5.82 Å². The van der Waals surface area contributed by atoms with Crippen LogP contribution in [0.5, 0.6) is 5.75 Å². The van der Waals surface area contributed by atoms with Crippen LogP contribution in [0.2, 0.25) is 0 Å². The summed E-state index contributed by atoms with van der Waals surface area (Å²) in [6.07, 6.45) is -4.69. The summed E-state index contributed by atoms with van der Waals surface area (Å²) in [4.78, 5) is 12.9. The average molecular weight is 481 g/mol. The molecule has 0 spiro atoms. The first kappa shape index (κ1) is 24.2. The van der Waals surface area contributed by atoms with E-state index in [1.54, 1.807) is 12.1 Å². The summed E-state index contributed by atoms with van der Waals surface area (Å²) in [5.41, 5.74) is 0.294. The largest absolute Gasteiger partial charge is 0.416 e. The zero-order valence-corrected chi connectivity index (χ0v) is 18.2. The van der Waals surface area contributed by atoms with Crippen LogP contribution in [0.4, 0.5) is 17.6 Å². The summed E-state index contributed by atoms with van der Waals surface area (Å²) in [5.74, 6) is -0.695. The van der Waals surface area contributed by atoms with E-state index in [4.69, 9.17) is 4.18 Å². The van der Waals surface area contributed by atoms with Gasteiger partial charge < -0.3 is 9.08 Å². The summed E-state index contributed by atoms with van der Waals surface area (Å²) < 4.78 is 81.4. The molecule has 0 aliphatic heterocycles. The van der Waals surface area contributed by atoms with Crippen molar-refractivity contribution in [1.29, 1.82) is 0 Å². The van der Waals surface area contributed by atoms with Gasteiger partial charge in [0.1, 0.15) is 16.5 Å². The summed E-state index contributed by atoms with van der Waals surface area (Å²) in [6.45, 7) is 1.84. The fourth-order valence-corrected chi connectivity index (χ4v) is 3.94. The molecule has 0 bridgehead atoms. The van der Waals surface area contributed by atoms with Gasteiger partial charge in [0.05, 0.1) is 5.56 Å². The highest BCUT2D eigenvalue weighted by atomic mass is 32.2. The number of hydrogen-bond acceptors (Lipinski definition) is 4. The minimum absolute atomic E-state index is 0.0935. The number of carbonyl (C=O) groups is 1. The minimum atomic E-state index is -4.69. The summed E-state index contributed by atoms with van der Waals surface area (Å²) >= 11 is 0. The number of rotatable bonds is 7. The summed E-state index contributed by atoms with van der Waals surface area (Å²) in [7, 11) is -4.48. The van der Waals surface area contributed by atoms with E-state index in [0.29, 0.717) is 11.6 Å². The molecule has 10 heteroatoms. The molecule has 0 unspecified atom stereocenters. The van der Waals surface area contributed by atoms with Crippen molar-refractivity contribution in [3.63, 3.8) is 0 Å². The van der Waals surface area contributed by atoms with E-state index in [1.807, 2.05) is 0 Å². The molecule has 3 aromatic carbocycles. The van der Waals surface area contributed by atoms with Gasteiger partial charge >= 0.3 is 16.3 Å². The van der Waals surface area contributed by atoms with Crippen LogP contribution in [0.3, 0.4) is 0 Å². The smallest absolute Gasteiger partial charge is 0.379 e. The fourth-order valence-electron chi connectivity index (χ4n) is 2.96. The van der Waals surface area contributed by atoms with Crippen molar-refractivity contribution in [2.45, 2.75) is 31.1 Å². The van der Waals surface area contributed by atoms with Gasteiger partial charge in [0.2, 0.25) is 5.91 Å². The molecule has 0 saturated carbocycles. The maximum absolute atomic E-state index is 13.1. The van der Waals surface area contributed by atoms with Crippen molar-refractivity contribution in [2.24, 2.45) is 0 Å². The zero-order valence-electron chi connectivity index (χ0n) is 17.3. The second kappa shape index (κ2) is 9.62. The van der Waals surface area contributed by atoms with Crippen molar-refractivity contribution >= 4 is 16.0 Å². The number of hydrogen-bond donors (Lipinski definition) is 0. The molecule has 174 valence electrons. The van der Waals surface area contributed by atoms with Gasteiger partial charge in [0, 0.05) is 20.0 Å². The summed E-state index contributed by atoms with van der Waals surface area (Å²) in [6, 6.07) is 14.8. The van der Waals surface area contributed by atoms with E-state index >= 15 is 0 Å². The quantitative estimate of drug-likeness (QED) is 0.346. The molecule has 0 atom stereocenters. The van der Waals surface area contributed by atoms with Crippen LogP contribution in [0.15, 0.2) is 77.7 Å². The third-order valence-corrected chi connectivity index (χ3v) is 5.93. The first-order valence-electron chi connectivity index (χ1n) is 9.65. The molecule has 3 aromatic rings. The van der Waals surface area contributed by atoms with Gasteiger partial charge in [0.25, 0.3) is 0 Å². The third kappa shape index (κ3) is 6.55. The van der Waals surface area contributed by atoms with Crippen molar-refractivity contribution in [3.8, 4) is 5.75 Å². The number of amides is 1. The monoisotopic (exact) mass is 481 g/mol. The Morgan fingerprint density at radius 1 is 0.909 bits per heavy atom. The lowest BCUT2D eigenvalue weighted by Gasteiger charge is -2.21. The number of alkyl halides is 3. The number of benzene rings is 3. The Kier molecular flexibility index (Phi) is 7.06. The molecule has 0 radical (unpaired) electrons. The molecule has 5 nitrogen and oxygen atoms in total. The van der Waals surface area contributed by atoms with Gasteiger partial charge in [-0.3, -0.25) is 4.79 Å². The number of carbonyl (C=O) groups excluding carboxylic acids is 1. The lowest BCUT2D eigenvalue weighted by Crippen LogP contribution is -2.27. The van der Waals surface area contributed by atoms with Crippen molar-refractivity contribution in [2.75, 3.05) is 0 Å². The van der Waals surface area contributed by atoms with Crippen LogP contribution in [-0.4, -0.2) is 19.2 Å². The Bertz CT molecular complexity index is 1220. The normalized spacial score (nSPS) is 11.8. The van der Waals surface area contributed by atoms with Crippen LogP contribution < -0.4 is 4.18 Å². The highest BCUT2D eigenvalue weighted by molar-refractivity contribution is 7.87. The van der Waals surface area contributed by atoms with Crippen LogP contribution in [0.25, 0.3) is 0 Å². The standard InChI is InChI=1S/C23H19F4NO4S/c1-16(29)28(14-17-5-9-20(24)10-6-17)15-18-7-11-21(12-8-18)32-33(30,31)22-4-2-3-19(13-22)23(25,26)27/h2-13H,14-15H2,1H3. The number of halogens is 4. The van der Waals surface area contributed by atoms with Crippen LogP contribution >= 0.6 is 0 Å². The van der Waals surface area contributed by atoms with E-state index in [9.17, 15) is 30.8 Å². The predicted octanol–water partition coefficient (Wildman–Crippen LogP) is 5.16. The molecular weight excluding hydrogens is 462 g/mol. The minimum Gasteiger partial charge on any atom is -0.379 e. The van der Waals surface area contributed by atoms with Crippen molar-refractivity contribution < 1.29 is 35.0 Å².